The smallest absolute Gasteiger partial charge is 0.191 e. The van der Waals surface area contributed by atoms with Crippen molar-refractivity contribution >= 4 is 41.7 Å². The second-order valence-corrected chi connectivity index (χ2v) is 6.01. The van der Waals surface area contributed by atoms with Gasteiger partial charge in [-0.2, -0.15) is 11.8 Å². The van der Waals surface area contributed by atoms with Crippen LogP contribution in [0.3, 0.4) is 0 Å². The third kappa shape index (κ3) is 8.67. The van der Waals surface area contributed by atoms with Gasteiger partial charge in [0.2, 0.25) is 0 Å². The summed E-state index contributed by atoms with van der Waals surface area (Å²) in [6.07, 6.45) is 1.92. The first kappa shape index (κ1) is 21.3. The molecule has 0 bridgehead atoms. The molecule has 22 heavy (non-hydrogen) atoms. The Hall–Kier alpha value is -0.700. The first-order chi connectivity index (χ1) is 10.2. The van der Waals surface area contributed by atoms with Crippen LogP contribution in [0.15, 0.2) is 28.2 Å². The molecule has 0 amide bonds. The summed E-state index contributed by atoms with van der Waals surface area (Å²) in [5, 5.41) is 10.6. The van der Waals surface area contributed by atoms with Gasteiger partial charge >= 0.3 is 0 Å². The van der Waals surface area contributed by atoms with E-state index in [9.17, 15) is 0 Å². The molecule has 5 nitrogen and oxygen atoms in total. The Bertz CT molecular complexity index is 449. The number of aromatic nitrogens is 1. The summed E-state index contributed by atoms with van der Waals surface area (Å²) in [5.74, 6) is 3.97. The van der Waals surface area contributed by atoms with Crippen LogP contribution in [0.25, 0.3) is 0 Å². The van der Waals surface area contributed by atoms with Crippen molar-refractivity contribution in [2.24, 2.45) is 4.99 Å². The van der Waals surface area contributed by atoms with Crippen molar-refractivity contribution < 1.29 is 4.52 Å². The summed E-state index contributed by atoms with van der Waals surface area (Å²) in [4.78, 5) is 4.51. The molecule has 126 valence electrons. The van der Waals surface area contributed by atoms with E-state index < -0.39 is 0 Å². The van der Waals surface area contributed by atoms with E-state index in [-0.39, 0.29) is 24.0 Å². The fraction of sp³-hybridized carbons (Fsp3) is 0.600. The van der Waals surface area contributed by atoms with Gasteiger partial charge in [0.05, 0.1) is 5.69 Å². The van der Waals surface area contributed by atoms with E-state index in [0.29, 0.717) is 12.5 Å². The van der Waals surface area contributed by atoms with E-state index >= 15 is 0 Å². The highest BCUT2D eigenvalue weighted by atomic mass is 127. The van der Waals surface area contributed by atoms with Crippen molar-refractivity contribution in [3.8, 4) is 0 Å². The average molecular weight is 438 g/mol. The second-order valence-electron chi connectivity index (χ2n) is 4.86. The second kappa shape index (κ2) is 12.8. The summed E-state index contributed by atoms with van der Waals surface area (Å²) >= 11 is 1.84. The van der Waals surface area contributed by atoms with Crippen LogP contribution in [0, 0.1) is 0 Å². The van der Waals surface area contributed by atoms with E-state index in [1.807, 2.05) is 23.9 Å². The monoisotopic (exact) mass is 438 g/mol. The van der Waals surface area contributed by atoms with E-state index in [1.54, 1.807) is 0 Å². The fourth-order valence-electron chi connectivity index (χ4n) is 1.58. The third-order valence-electron chi connectivity index (χ3n) is 2.68. The molecule has 2 N–H and O–H groups in total. The van der Waals surface area contributed by atoms with Gasteiger partial charge in [-0.15, -0.1) is 30.6 Å². The Labute approximate surface area is 154 Å². The summed E-state index contributed by atoms with van der Waals surface area (Å²) in [5.41, 5.74) is 0.971. The SMILES string of the molecule is C=CCSCCNC(=NCc1cc(C(C)C)no1)NCC.I. The van der Waals surface area contributed by atoms with Crippen LogP contribution in [-0.4, -0.2) is 35.7 Å². The van der Waals surface area contributed by atoms with Crippen LogP contribution in [-0.2, 0) is 6.54 Å². The van der Waals surface area contributed by atoms with Crippen LogP contribution in [0.1, 0.15) is 38.1 Å². The van der Waals surface area contributed by atoms with Gasteiger partial charge in [0.15, 0.2) is 11.7 Å². The van der Waals surface area contributed by atoms with Crippen molar-refractivity contribution in [2.75, 3.05) is 24.6 Å². The molecule has 0 aliphatic rings. The van der Waals surface area contributed by atoms with Gasteiger partial charge in [0.1, 0.15) is 6.54 Å². The Kier molecular flexibility index (Phi) is 12.4. The van der Waals surface area contributed by atoms with Crippen molar-refractivity contribution in [1.29, 1.82) is 0 Å². The molecular weight excluding hydrogens is 411 g/mol. The van der Waals surface area contributed by atoms with Crippen LogP contribution in [0.5, 0.6) is 0 Å². The predicted molar refractivity (Wildman–Crippen MR) is 106 cm³/mol. The fourth-order valence-corrected chi connectivity index (χ4v) is 2.16. The zero-order valence-corrected chi connectivity index (χ0v) is 16.7. The lowest BCUT2D eigenvalue weighted by Crippen LogP contribution is -2.38. The lowest BCUT2D eigenvalue weighted by molar-refractivity contribution is 0.376. The standard InChI is InChI=1S/C15H26N4OS.HI/c1-5-8-21-9-7-17-15(16-6-2)18-11-13-10-14(12(3)4)19-20-13;/h5,10,12H,1,6-9,11H2,2-4H3,(H2,16,17,18);1H. The lowest BCUT2D eigenvalue weighted by Gasteiger charge is -2.10. The summed E-state index contributed by atoms with van der Waals surface area (Å²) in [7, 11) is 0. The molecule has 1 rings (SSSR count). The maximum absolute atomic E-state index is 5.28. The molecule has 1 aromatic heterocycles. The predicted octanol–water partition coefficient (Wildman–Crippen LogP) is 3.39. The normalized spacial score (nSPS) is 11.2. The molecule has 0 aliphatic heterocycles. The number of thioether (sulfide) groups is 1. The minimum absolute atomic E-state index is 0. The van der Waals surface area contributed by atoms with Gasteiger partial charge in [-0.05, 0) is 12.8 Å². The van der Waals surface area contributed by atoms with Gasteiger partial charge < -0.3 is 15.2 Å². The van der Waals surface area contributed by atoms with Crippen molar-refractivity contribution in [3.05, 3.63) is 30.2 Å². The number of aliphatic imine (C=N–C) groups is 1. The van der Waals surface area contributed by atoms with Gasteiger partial charge in [-0.25, -0.2) is 4.99 Å². The Balaban J connectivity index is 0.00000441. The molecule has 0 fully saturated rings. The molecule has 0 saturated carbocycles. The highest BCUT2D eigenvalue weighted by Gasteiger charge is 2.07. The van der Waals surface area contributed by atoms with Crippen LogP contribution >= 0.6 is 35.7 Å². The largest absolute Gasteiger partial charge is 0.359 e. The molecule has 0 aromatic carbocycles. The molecule has 0 spiro atoms. The Morgan fingerprint density at radius 3 is 2.86 bits per heavy atom. The van der Waals surface area contributed by atoms with Crippen molar-refractivity contribution in [2.45, 2.75) is 33.2 Å². The third-order valence-corrected chi connectivity index (χ3v) is 3.64. The average Bonchev–Trinajstić information content (AvgIpc) is 2.93. The van der Waals surface area contributed by atoms with Crippen molar-refractivity contribution in [1.82, 2.24) is 15.8 Å². The van der Waals surface area contributed by atoms with Crippen LogP contribution in [0.2, 0.25) is 0 Å². The molecule has 0 aliphatic carbocycles. The minimum atomic E-state index is 0. The summed E-state index contributed by atoms with van der Waals surface area (Å²) in [6.45, 7) is 12.1. The van der Waals surface area contributed by atoms with Gasteiger partial charge in [0.25, 0.3) is 0 Å². The zero-order valence-electron chi connectivity index (χ0n) is 13.6. The molecular formula is C15H27IN4OS. The number of rotatable bonds is 9. The number of nitrogens with one attached hydrogen (secondary N) is 2. The first-order valence-electron chi connectivity index (χ1n) is 7.33. The quantitative estimate of drug-likeness (QED) is 0.204. The Morgan fingerprint density at radius 2 is 2.27 bits per heavy atom. The van der Waals surface area contributed by atoms with Gasteiger partial charge in [-0.1, -0.05) is 25.1 Å². The maximum Gasteiger partial charge on any atom is 0.191 e. The van der Waals surface area contributed by atoms with Crippen LogP contribution < -0.4 is 10.6 Å². The van der Waals surface area contributed by atoms with E-state index in [0.717, 1.165) is 42.0 Å². The number of hydrogen-bond acceptors (Lipinski definition) is 4. The van der Waals surface area contributed by atoms with Crippen molar-refractivity contribution in [3.63, 3.8) is 0 Å². The molecule has 0 unspecified atom stereocenters. The van der Waals surface area contributed by atoms with Gasteiger partial charge in [-0.3, -0.25) is 0 Å². The number of nitrogens with zero attached hydrogens (tertiary/aromatic N) is 2. The van der Waals surface area contributed by atoms with E-state index in [2.05, 4.69) is 48.1 Å². The summed E-state index contributed by atoms with van der Waals surface area (Å²) < 4.78 is 5.28. The van der Waals surface area contributed by atoms with E-state index in [4.69, 9.17) is 4.52 Å². The number of halogens is 1. The summed E-state index contributed by atoms with van der Waals surface area (Å²) in [6, 6.07) is 1.97. The topological polar surface area (TPSA) is 62.5 Å². The zero-order chi connectivity index (χ0) is 15.5. The highest BCUT2D eigenvalue weighted by molar-refractivity contribution is 14.0. The lowest BCUT2D eigenvalue weighted by atomic mass is 10.1. The molecule has 1 heterocycles. The van der Waals surface area contributed by atoms with E-state index in [1.165, 1.54) is 0 Å². The molecule has 0 saturated heterocycles. The molecule has 7 heteroatoms. The van der Waals surface area contributed by atoms with Crippen LogP contribution in [0.4, 0.5) is 0 Å². The molecule has 0 atom stereocenters. The Morgan fingerprint density at radius 1 is 1.50 bits per heavy atom. The number of guanidine groups is 1. The minimum Gasteiger partial charge on any atom is -0.359 e. The maximum atomic E-state index is 5.28. The molecule has 1 aromatic rings. The van der Waals surface area contributed by atoms with Gasteiger partial charge in [0, 0.05) is 30.7 Å². The highest BCUT2D eigenvalue weighted by Crippen LogP contribution is 2.14. The molecule has 0 radical (unpaired) electrons. The first-order valence-corrected chi connectivity index (χ1v) is 8.49. The number of hydrogen-bond donors (Lipinski definition) is 2.